The number of hydrogen-bond acceptors (Lipinski definition) is 4. The van der Waals surface area contributed by atoms with Gasteiger partial charge in [0.15, 0.2) is 0 Å². The van der Waals surface area contributed by atoms with E-state index in [1.807, 2.05) is 66.1 Å². The van der Waals surface area contributed by atoms with Gasteiger partial charge in [0.25, 0.3) is 0 Å². The fourth-order valence-electron chi connectivity index (χ4n) is 4.21. The first-order valence-electron chi connectivity index (χ1n) is 10.4. The lowest BCUT2D eigenvalue weighted by molar-refractivity contribution is -0.135. The fraction of sp³-hybridized carbons (Fsp3) is 0.435. The van der Waals surface area contributed by atoms with Crippen molar-refractivity contribution in [3.63, 3.8) is 0 Å². The number of hydrogen-bond donors (Lipinski definition) is 0. The van der Waals surface area contributed by atoms with Crippen molar-refractivity contribution in [3.05, 3.63) is 59.4 Å². The molecule has 2 bridgehead atoms. The third kappa shape index (κ3) is 4.62. The molecule has 2 amide bonds. The summed E-state index contributed by atoms with van der Waals surface area (Å²) in [7, 11) is 0. The number of benzene rings is 1. The quantitative estimate of drug-likeness (QED) is 0.725. The van der Waals surface area contributed by atoms with Crippen LogP contribution in [0.2, 0.25) is 0 Å². The maximum atomic E-state index is 13.0. The molecule has 0 spiro atoms. The van der Waals surface area contributed by atoms with Gasteiger partial charge in [-0.15, -0.1) is 0 Å². The molecule has 158 valence electrons. The third-order valence-electron chi connectivity index (χ3n) is 5.71. The summed E-state index contributed by atoms with van der Waals surface area (Å²) in [6.07, 6.45) is 3.46. The predicted octanol–water partition coefficient (Wildman–Crippen LogP) is 1.90. The van der Waals surface area contributed by atoms with Gasteiger partial charge in [0.1, 0.15) is 6.54 Å². The van der Waals surface area contributed by atoms with E-state index < -0.39 is 0 Å². The molecule has 7 nitrogen and oxygen atoms in total. The second-order valence-electron chi connectivity index (χ2n) is 8.18. The minimum Gasteiger partial charge on any atom is -0.379 e. The van der Waals surface area contributed by atoms with Crippen LogP contribution in [0.3, 0.4) is 0 Å². The summed E-state index contributed by atoms with van der Waals surface area (Å²) >= 11 is 0. The van der Waals surface area contributed by atoms with Crippen molar-refractivity contribution in [3.8, 4) is 0 Å². The molecule has 30 heavy (non-hydrogen) atoms. The Bertz CT molecular complexity index is 937. The number of carbonyl (C=O) groups excluding carboxylic acids is 2. The lowest BCUT2D eigenvalue weighted by atomic mass is 10.1. The van der Waals surface area contributed by atoms with E-state index in [9.17, 15) is 9.59 Å². The highest BCUT2D eigenvalue weighted by molar-refractivity contribution is 5.92. The topological polar surface area (TPSA) is 67.7 Å². The van der Waals surface area contributed by atoms with E-state index in [0.29, 0.717) is 32.8 Å². The Morgan fingerprint density at radius 1 is 1.13 bits per heavy atom. The van der Waals surface area contributed by atoms with Crippen LogP contribution in [0.15, 0.2) is 42.5 Å². The van der Waals surface area contributed by atoms with Crippen LogP contribution in [0.5, 0.6) is 0 Å². The van der Waals surface area contributed by atoms with Crippen molar-refractivity contribution >= 4 is 17.9 Å². The number of aromatic nitrogens is 2. The highest BCUT2D eigenvalue weighted by Gasteiger charge is 2.36. The van der Waals surface area contributed by atoms with Gasteiger partial charge in [-0.3, -0.25) is 14.3 Å². The van der Waals surface area contributed by atoms with Crippen LogP contribution in [-0.4, -0.2) is 70.3 Å². The first-order chi connectivity index (χ1) is 14.5. The standard InChI is InChI=1S/C23H28N4O3/c1-17-10-18(2)27(24-17)14-23(29)25-11-20-12-26(21(13-25)16-30-15-20)22(28)9-8-19-6-4-3-5-7-19/h3-10,20-21H,11-16H2,1-2H3/t20-,21-/m0/s1. The zero-order valence-electron chi connectivity index (χ0n) is 17.5. The fourth-order valence-corrected chi connectivity index (χ4v) is 4.21. The normalized spacial score (nSPS) is 21.7. The number of aryl methyl sites for hydroxylation is 2. The van der Waals surface area contributed by atoms with E-state index >= 15 is 0 Å². The van der Waals surface area contributed by atoms with Gasteiger partial charge in [-0.25, -0.2) is 0 Å². The predicted molar refractivity (Wildman–Crippen MR) is 114 cm³/mol. The van der Waals surface area contributed by atoms with E-state index in [4.69, 9.17) is 4.74 Å². The number of fused-ring (bicyclic) bond motifs is 3. The van der Waals surface area contributed by atoms with Crippen LogP contribution in [0.1, 0.15) is 17.0 Å². The van der Waals surface area contributed by atoms with Crippen molar-refractivity contribution in [2.75, 3.05) is 32.8 Å². The monoisotopic (exact) mass is 408 g/mol. The Kier molecular flexibility index (Phi) is 5.99. The molecule has 0 unspecified atom stereocenters. The van der Waals surface area contributed by atoms with E-state index in [2.05, 4.69) is 5.10 Å². The Morgan fingerprint density at radius 3 is 2.67 bits per heavy atom. The van der Waals surface area contributed by atoms with Gasteiger partial charge in [-0.2, -0.15) is 5.10 Å². The summed E-state index contributed by atoms with van der Waals surface area (Å²) in [6, 6.07) is 11.6. The molecular formula is C23H28N4O3. The maximum absolute atomic E-state index is 13.0. The van der Waals surface area contributed by atoms with Crippen molar-refractivity contribution < 1.29 is 14.3 Å². The van der Waals surface area contributed by atoms with Gasteiger partial charge in [-0.1, -0.05) is 30.3 Å². The summed E-state index contributed by atoms with van der Waals surface area (Å²) in [4.78, 5) is 29.7. The molecule has 3 heterocycles. The average Bonchev–Trinajstić information content (AvgIpc) is 2.89. The molecular weight excluding hydrogens is 380 g/mol. The van der Waals surface area contributed by atoms with Crippen molar-refractivity contribution in [2.24, 2.45) is 5.92 Å². The number of carbonyl (C=O) groups is 2. The zero-order valence-corrected chi connectivity index (χ0v) is 17.5. The molecule has 0 N–H and O–H groups in total. The first kappa shape index (κ1) is 20.3. The second-order valence-corrected chi connectivity index (χ2v) is 8.18. The number of rotatable bonds is 4. The van der Waals surface area contributed by atoms with Crippen LogP contribution in [-0.2, 0) is 20.9 Å². The van der Waals surface area contributed by atoms with Crippen LogP contribution >= 0.6 is 0 Å². The molecule has 2 saturated heterocycles. The molecule has 1 aromatic heterocycles. The van der Waals surface area contributed by atoms with E-state index in [-0.39, 0.29) is 30.3 Å². The Labute approximate surface area is 176 Å². The van der Waals surface area contributed by atoms with E-state index in [1.54, 1.807) is 10.8 Å². The first-order valence-corrected chi connectivity index (χ1v) is 10.4. The van der Waals surface area contributed by atoms with Crippen LogP contribution < -0.4 is 0 Å². The summed E-state index contributed by atoms with van der Waals surface area (Å²) in [5.74, 6) is 0.107. The Balaban J connectivity index is 1.46. The minimum absolute atomic E-state index is 0.0345. The molecule has 1 aromatic carbocycles. The van der Waals surface area contributed by atoms with Gasteiger partial charge in [0, 0.05) is 37.3 Å². The SMILES string of the molecule is Cc1cc(C)n(CC(=O)N2C[C@@H]3COC[C@H](C2)N(C(=O)C=Cc2ccccc2)C3)n1. The summed E-state index contributed by atoms with van der Waals surface area (Å²) in [5.41, 5.74) is 2.87. The molecule has 7 heteroatoms. The number of ether oxygens (including phenoxy) is 1. The highest BCUT2D eigenvalue weighted by atomic mass is 16.5. The lowest BCUT2D eigenvalue weighted by Gasteiger charge is -2.31. The second kappa shape index (κ2) is 8.83. The van der Waals surface area contributed by atoms with Crippen molar-refractivity contribution in [2.45, 2.75) is 26.4 Å². The van der Waals surface area contributed by atoms with Gasteiger partial charge in [-0.05, 0) is 31.6 Å². The minimum atomic E-state index is -0.144. The molecule has 4 rings (SSSR count). The van der Waals surface area contributed by atoms with Gasteiger partial charge >= 0.3 is 0 Å². The van der Waals surface area contributed by atoms with Gasteiger partial charge in [0.2, 0.25) is 11.8 Å². The summed E-state index contributed by atoms with van der Waals surface area (Å²) < 4.78 is 7.55. The molecule has 2 fully saturated rings. The smallest absolute Gasteiger partial charge is 0.246 e. The number of nitrogens with zero attached hydrogens (tertiary/aromatic N) is 4. The lowest BCUT2D eigenvalue weighted by Crippen LogP contribution is -2.48. The van der Waals surface area contributed by atoms with Crippen LogP contribution in [0, 0.1) is 19.8 Å². The molecule has 2 atom stereocenters. The van der Waals surface area contributed by atoms with Crippen molar-refractivity contribution in [1.29, 1.82) is 0 Å². The molecule has 2 aromatic rings. The van der Waals surface area contributed by atoms with Crippen LogP contribution in [0.25, 0.3) is 6.08 Å². The van der Waals surface area contributed by atoms with E-state index in [1.165, 1.54) is 0 Å². The molecule has 0 aliphatic carbocycles. The highest BCUT2D eigenvalue weighted by Crippen LogP contribution is 2.21. The Hall–Kier alpha value is -2.93. The Morgan fingerprint density at radius 2 is 1.93 bits per heavy atom. The van der Waals surface area contributed by atoms with Crippen molar-refractivity contribution in [1.82, 2.24) is 19.6 Å². The molecule has 0 saturated carbocycles. The maximum Gasteiger partial charge on any atom is 0.246 e. The molecule has 2 aliphatic rings. The van der Waals surface area contributed by atoms with Gasteiger partial charge < -0.3 is 14.5 Å². The zero-order chi connectivity index (χ0) is 21.1. The average molecular weight is 409 g/mol. The number of amides is 2. The largest absolute Gasteiger partial charge is 0.379 e. The summed E-state index contributed by atoms with van der Waals surface area (Å²) in [6.45, 7) is 6.80. The third-order valence-corrected chi connectivity index (χ3v) is 5.71. The molecule has 2 aliphatic heterocycles. The van der Waals surface area contributed by atoms with Crippen LogP contribution in [0.4, 0.5) is 0 Å². The summed E-state index contributed by atoms with van der Waals surface area (Å²) in [5, 5.41) is 4.41. The molecule has 0 radical (unpaired) electrons. The van der Waals surface area contributed by atoms with Gasteiger partial charge in [0.05, 0.1) is 24.9 Å². The van der Waals surface area contributed by atoms with E-state index in [0.717, 1.165) is 17.0 Å².